The van der Waals surface area contributed by atoms with Crippen LogP contribution in [0, 0.1) is 0 Å². The minimum atomic E-state index is -3.45. The summed E-state index contributed by atoms with van der Waals surface area (Å²) in [6.45, 7) is 1.48. The van der Waals surface area contributed by atoms with Crippen molar-refractivity contribution in [2.24, 2.45) is 0 Å². The second kappa shape index (κ2) is 8.88. The number of halogens is 1. The van der Waals surface area contributed by atoms with E-state index >= 15 is 0 Å². The van der Waals surface area contributed by atoms with E-state index in [1.165, 1.54) is 0 Å². The lowest BCUT2D eigenvalue weighted by atomic mass is 10.1. The van der Waals surface area contributed by atoms with Crippen LogP contribution in [0.3, 0.4) is 0 Å². The number of carbonyl (C=O) groups excluding carboxylic acids is 2. The lowest BCUT2D eigenvalue weighted by Crippen LogP contribution is -2.38. The fourth-order valence-electron chi connectivity index (χ4n) is 2.44. The van der Waals surface area contributed by atoms with Gasteiger partial charge in [0.25, 0.3) is 5.91 Å². The number of benzene rings is 2. The second-order valence-electron chi connectivity index (χ2n) is 5.91. The number of hydrogen-bond acceptors (Lipinski definition) is 4. The van der Waals surface area contributed by atoms with Gasteiger partial charge in [-0.2, -0.15) is 0 Å². The first-order valence-electron chi connectivity index (χ1n) is 8.06. The van der Waals surface area contributed by atoms with Crippen LogP contribution in [0.15, 0.2) is 48.5 Å². The summed E-state index contributed by atoms with van der Waals surface area (Å²) in [5.74, 6) is -0.875. The monoisotopic (exact) mass is 409 g/mol. The molecule has 2 aromatic rings. The summed E-state index contributed by atoms with van der Waals surface area (Å²) in [4.78, 5) is 24.2. The zero-order valence-electron chi connectivity index (χ0n) is 14.8. The summed E-state index contributed by atoms with van der Waals surface area (Å²) >= 11 is 5.95. The molecule has 1 atom stereocenters. The van der Waals surface area contributed by atoms with Crippen LogP contribution in [-0.4, -0.2) is 33.0 Å². The van der Waals surface area contributed by atoms with E-state index in [1.54, 1.807) is 55.5 Å². The lowest BCUT2D eigenvalue weighted by Gasteiger charge is -2.18. The molecule has 2 aromatic carbocycles. The highest BCUT2D eigenvalue weighted by atomic mass is 35.5. The van der Waals surface area contributed by atoms with Gasteiger partial charge in [-0.15, -0.1) is 0 Å². The maximum Gasteiger partial charge on any atom is 0.253 e. The third kappa shape index (κ3) is 6.26. The molecule has 0 aliphatic heterocycles. The molecule has 0 bridgehead atoms. The van der Waals surface area contributed by atoms with Crippen molar-refractivity contribution in [3.05, 3.63) is 64.7 Å². The van der Waals surface area contributed by atoms with Gasteiger partial charge >= 0.3 is 0 Å². The van der Waals surface area contributed by atoms with Crippen molar-refractivity contribution >= 4 is 39.1 Å². The molecule has 0 fully saturated rings. The fourth-order valence-corrected chi connectivity index (χ4v) is 3.25. The molecule has 0 aliphatic rings. The summed E-state index contributed by atoms with van der Waals surface area (Å²) in [5, 5.41) is 5.52. The molecule has 0 aromatic heterocycles. The number of para-hydroxylation sites is 1. The van der Waals surface area contributed by atoms with E-state index in [-0.39, 0.29) is 12.1 Å². The number of nitrogens with one attached hydrogen (secondary N) is 3. The van der Waals surface area contributed by atoms with Gasteiger partial charge < -0.3 is 10.6 Å². The van der Waals surface area contributed by atoms with Gasteiger partial charge in [0, 0.05) is 0 Å². The Morgan fingerprint density at radius 3 is 2.37 bits per heavy atom. The SMILES string of the molecule is CC(NC(=O)CNC(=O)c1ccccc1Cl)c1ccccc1NS(C)(=O)=O. The Labute approximate surface area is 163 Å². The quantitative estimate of drug-likeness (QED) is 0.652. The molecule has 0 aliphatic carbocycles. The molecule has 2 rings (SSSR count). The van der Waals surface area contributed by atoms with Crippen LogP contribution in [0.2, 0.25) is 5.02 Å². The van der Waals surface area contributed by atoms with E-state index in [1.807, 2.05) is 0 Å². The molecule has 0 radical (unpaired) electrons. The van der Waals surface area contributed by atoms with Crippen LogP contribution in [0.25, 0.3) is 0 Å². The Hall–Kier alpha value is -2.58. The van der Waals surface area contributed by atoms with Crippen molar-refractivity contribution < 1.29 is 18.0 Å². The maximum absolute atomic E-state index is 12.1. The van der Waals surface area contributed by atoms with Crippen molar-refractivity contribution in [2.45, 2.75) is 13.0 Å². The van der Waals surface area contributed by atoms with Gasteiger partial charge in [0.1, 0.15) is 0 Å². The smallest absolute Gasteiger partial charge is 0.253 e. The summed E-state index contributed by atoms with van der Waals surface area (Å²) < 4.78 is 25.4. The number of carbonyl (C=O) groups is 2. The highest BCUT2D eigenvalue weighted by Crippen LogP contribution is 2.23. The first kappa shape index (κ1) is 20.7. The maximum atomic E-state index is 12.1. The van der Waals surface area contributed by atoms with E-state index in [4.69, 9.17) is 11.6 Å². The molecule has 2 amide bonds. The highest BCUT2D eigenvalue weighted by Gasteiger charge is 2.16. The van der Waals surface area contributed by atoms with Crippen LogP contribution in [0.4, 0.5) is 5.69 Å². The molecule has 0 saturated heterocycles. The van der Waals surface area contributed by atoms with Crippen LogP contribution in [0.1, 0.15) is 28.9 Å². The van der Waals surface area contributed by atoms with Gasteiger partial charge in [0.15, 0.2) is 0 Å². The third-order valence-electron chi connectivity index (χ3n) is 3.63. The minimum Gasteiger partial charge on any atom is -0.348 e. The van der Waals surface area contributed by atoms with Crippen LogP contribution in [-0.2, 0) is 14.8 Å². The molecule has 144 valence electrons. The normalized spacial score (nSPS) is 12.1. The molecule has 9 heteroatoms. The molecule has 0 heterocycles. The zero-order valence-corrected chi connectivity index (χ0v) is 16.4. The molecule has 0 spiro atoms. The number of hydrogen-bond donors (Lipinski definition) is 3. The van der Waals surface area contributed by atoms with E-state index < -0.39 is 27.9 Å². The van der Waals surface area contributed by atoms with Crippen LogP contribution >= 0.6 is 11.6 Å². The van der Waals surface area contributed by atoms with Crippen molar-refractivity contribution in [1.82, 2.24) is 10.6 Å². The lowest BCUT2D eigenvalue weighted by molar-refractivity contribution is -0.120. The first-order valence-corrected chi connectivity index (χ1v) is 10.3. The average molecular weight is 410 g/mol. The molecular formula is C18H20ClN3O4S. The first-order chi connectivity index (χ1) is 12.7. The van der Waals surface area contributed by atoms with E-state index in [2.05, 4.69) is 15.4 Å². The van der Waals surface area contributed by atoms with Gasteiger partial charge in [-0.3, -0.25) is 14.3 Å². The topological polar surface area (TPSA) is 104 Å². The second-order valence-corrected chi connectivity index (χ2v) is 8.07. The summed E-state index contributed by atoms with van der Waals surface area (Å²) in [6.07, 6.45) is 1.05. The molecule has 7 nitrogen and oxygen atoms in total. The van der Waals surface area contributed by atoms with Crippen molar-refractivity contribution in [3.63, 3.8) is 0 Å². The third-order valence-corrected chi connectivity index (χ3v) is 4.55. The molecule has 1 unspecified atom stereocenters. The van der Waals surface area contributed by atoms with Gasteiger partial charge in [0.2, 0.25) is 15.9 Å². The van der Waals surface area contributed by atoms with E-state index in [0.717, 1.165) is 6.26 Å². The Balaban J connectivity index is 1.98. The Bertz CT molecular complexity index is 947. The van der Waals surface area contributed by atoms with Gasteiger partial charge in [-0.05, 0) is 30.7 Å². The summed E-state index contributed by atoms with van der Waals surface area (Å²) in [6, 6.07) is 12.8. The van der Waals surface area contributed by atoms with Gasteiger partial charge in [-0.1, -0.05) is 41.9 Å². The Morgan fingerprint density at radius 2 is 1.70 bits per heavy atom. The average Bonchev–Trinajstić information content (AvgIpc) is 2.59. The number of sulfonamides is 1. The largest absolute Gasteiger partial charge is 0.348 e. The predicted octanol–water partition coefficient (Wildman–Crippen LogP) is 2.32. The van der Waals surface area contributed by atoms with Crippen molar-refractivity contribution in [3.8, 4) is 0 Å². The van der Waals surface area contributed by atoms with Crippen LogP contribution < -0.4 is 15.4 Å². The molecule has 27 heavy (non-hydrogen) atoms. The summed E-state index contributed by atoms with van der Waals surface area (Å²) in [7, 11) is -3.45. The Kier molecular flexibility index (Phi) is 6.81. The van der Waals surface area contributed by atoms with Crippen LogP contribution in [0.5, 0.6) is 0 Å². The fraction of sp³-hybridized carbons (Fsp3) is 0.222. The number of amides is 2. The molecule has 3 N–H and O–H groups in total. The predicted molar refractivity (Wildman–Crippen MR) is 105 cm³/mol. The van der Waals surface area contributed by atoms with Crippen molar-refractivity contribution in [2.75, 3.05) is 17.5 Å². The highest BCUT2D eigenvalue weighted by molar-refractivity contribution is 7.92. The number of anilines is 1. The van der Waals surface area contributed by atoms with E-state index in [0.29, 0.717) is 16.3 Å². The standard InChI is InChI=1S/C18H20ClN3O4S/c1-12(13-7-4-6-10-16(13)22-27(2,25)26)21-17(23)11-20-18(24)14-8-3-5-9-15(14)19/h3-10,12,22H,11H2,1-2H3,(H,20,24)(H,21,23). The molecule has 0 saturated carbocycles. The molecular weight excluding hydrogens is 390 g/mol. The van der Waals surface area contributed by atoms with Gasteiger partial charge in [0.05, 0.1) is 35.1 Å². The number of rotatable bonds is 7. The van der Waals surface area contributed by atoms with Gasteiger partial charge in [-0.25, -0.2) is 8.42 Å². The zero-order chi connectivity index (χ0) is 20.0. The van der Waals surface area contributed by atoms with E-state index in [9.17, 15) is 18.0 Å². The Morgan fingerprint density at radius 1 is 1.07 bits per heavy atom. The van der Waals surface area contributed by atoms with Crippen molar-refractivity contribution in [1.29, 1.82) is 0 Å². The summed E-state index contributed by atoms with van der Waals surface area (Å²) in [5.41, 5.74) is 1.27. The minimum absolute atomic E-state index is 0.240.